The Bertz CT molecular complexity index is 1440. The van der Waals surface area contributed by atoms with Crippen molar-refractivity contribution >= 4 is 34.7 Å². The van der Waals surface area contributed by atoms with E-state index in [1.807, 2.05) is 60.7 Å². The lowest BCUT2D eigenvalue weighted by Gasteiger charge is -2.29. The molecule has 192 valence electrons. The van der Waals surface area contributed by atoms with E-state index in [0.29, 0.717) is 34.8 Å². The zero-order chi connectivity index (χ0) is 26.6. The van der Waals surface area contributed by atoms with Gasteiger partial charge in [-0.3, -0.25) is 19.3 Å². The van der Waals surface area contributed by atoms with Gasteiger partial charge in [-0.25, -0.2) is 0 Å². The normalized spacial score (nSPS) is 13.3. The van der Waals surface area contributed by atoms with Crippen LogP contribution in [0.15, 0.2) is 89.6 Å². The van der Waals surface area contributed by atoms with Crippen LogP contribution in [0.5, 0.6) is 11.5 Å². The Kier molecular flexibility index (Phi) is 7.24. The number of benzene rings is 3. The van der Waals surface area contributed by atoms with Crippen molar-refractivity contribution in [3.05, 3.63) is 112 Å². The lowest BCUT2D eigenvalue weighted by Crippen LogP contribution is -2.38. The third-order valence-electron chi connectivity index (χ3n) is 6.57. The number of fused-ring (bicyclic) bond motifs is 1. The average Bonchev–Trinajstić information content (AvgIpc) is 3.54. The number of imide groups is 1. The monoisotopic (exact) mass is 526 g/mol. The number of carbonyl (C=O) groups is 3. The molecule has 8 heteroatoms. The summed E-state index contributed by atoms with van der Waals surface area (Å²) in [6.45, 7) is 0.351. The Morgan fingerprint density at radius 3 is 2.16 bits per heavy atom. The van der Waals surface area contributed by atoms with E-state index in [-0.39, 0.29) is 12.3 Å². The van der Waals surface area contributed by atoms with E-state index in [1.165, 1.54) is 28.2 Å². The van der Waals surface area contributed by atoms with Crippen LogP contribution in [0.2, 0.25) is 0 Å². The number of para-hydroxylation sites is 1. The highest BCUT2D eigenvalue weighted by molar-refractivity contribution is 7.08. The highest BCUT2D eigenvalue weighted by Crippen LogP contribution is 2.39. The summed E-state index contributed by atoms with van der Waals surface area (Å²) in [7, 11) is 3.21. The average molecular weight is 527 g/mol. The van der Waals surface area contributed by atoms with Crippen molar-refractivity contribution in [1.82, 2.24) is 4.90 Å². The molecule has 3 aromatic carbocycles. The summed E-state index contributed by atoms with van der Waals surface area (Å²) in [5, 5.41) is 3.34. The minimum absolute atomic E-state index is 0.0933. The van der Waals surface area contributed by atoms with Crippen molar-refractivity contribution < 1.29 is 23.9 Å². The highest BCUT2D eigenvalue weighted by Gasteiger charge is 2.42. The molecule has 0 radical (unpaired) electrons. The molecule has 1 aliphatic heterocycles. The Labute approximate surface area is 224 Å². The minimum Gasteiger partial charge on any atom is -0.493 e. The maximum absolute atomic E-state index is 13.4. The Morgan fingerprint density at radius 1 is 0.895 bits per heavy atom. The molecule has 0 saturated carbocycles. The smallest absolute Gasteiger partial charge is 0.262 e. The van der Waals surface area contributed by atoms with Crippen molar-refractivity contribution in [3.63, 3.8) is 0 Å². The van der Waals surface area contributed by atoms with E-state index in [4.69, 9.17) is 9.47 Å². The highest BCUT2D eigenvalue weighted by atomic mass is 32.1. The van der Waals surface area contributed by atoms with Gasteiger partial charge in [-0.15, -0.1) is 0 Å². The zero-order valence-corrected chi connectivity index (χ0v) is 21.8. The fourth-order valence-corrected chi connectivity index (χ4v) is 5.26. The van der Waals surface area contributed by atoms with Gasteiger partial charge < -0.3 is 14.4 Å². The SMILES string of the molecule is COc1cc(C(CC(=O)N(C)c2ccccc2)N2C(=O)c3cscc3C2=O)ccc1OCc1ccccc1. The van der Waals surface area contributed by atoms with Gasteiger partial charge >= 0.3 is 0 Å². The van der Waals surface area contributed by atoms with Crippen LogP contribution in [0.3, 0.4) is 0 Å². The van der Waals surface area contributed by atoms with Crippen LogP contribution >= 0.6 is 11.3 Å². The summed E-state index contributed by atoms with van der Waals surface area (Å²) < 4.78 is 11.6. The van der Waals surface area contributed by atoms with Crippen LogP contribution in [0.1, 0.15) is 44.3 Å². The topological polar surface area (TPSA) is 76.2 Å². The van der Waals surface area contributed by atoms with E-state index >= 15 is 0 Å². The molecule has 0 spiro atoms. The van der Waals surface area contributed by atoms with Crippen LogP contribution in [0.25, 0.3) is 0 Å². The number of ether oxygens (including phenoxy) is 2. The summed E-state index contributed by atoms with van der Waals surface area (Å²) in [5.74, 6) is -0.0888. The lowest BCUT2D eigenvalue weighted by atomic mass is 10.00. The second-order valence-corrected chi connectivity index (χ2v) is 9.62. The van der Waals surface area contributed by atoms with Crippen molar-refractivity contribution in [2.24, 2.45) is 0 Å². The molecular formula is C30H26N2O5S. The Balaban J connectivity index is 1.46. The Morgan fingerprint density at radius 2 is 1.53 bits per heavy atom. The quantitative estimate of drug-likeness (QED) is 0.261. The maximum atomic E-state index is 13.4. The molecule has 1 aromatic heterocycles. The number of rotatable bonds is 9. The number of hydrogen-bond donors (Lipinski definition) is 0. The van der Waals surface area contributed by atoms with Crippen LogP contribution in [-0.4, -0.2) is 36.8 Å². The summed E-state index contributed by atoms with van der Waals surface area (Å²) in [4.78, 5) is 42.8. The molecule has 0 bridgehead atoms. The Hall–Kier alpha value is -4.43. The van der Waals surface area contributed by atoms with E-state index in [2.05, 4.69) is 0 Å². The molecule has 0 fully saturated rings. The zero-order valence-electron chi connectivity index (χ0n) is 21.0. The van der Waals surface area contributed by atoms with Crippen molar-refractivity contribution in [3.8, 4) is 11.5 Å². The molecule has 1 aliphatic rings. The molecule has 2 heterocycles. The maximum Gasteiger partial charge on any atom is 0.262 e. The molecule has 0 aliphatic carbocycles. The second kappa shape index (κ2) is 10.9. The second-order valence-electron chi connectivity index (χ2n) is 8.87. The number of thiophene rings is 1. The molecular weight excluding hydrogens is 500 g/mol. The molecule has 0 N–H and O–H groups in total. The van der Waals surface area contributed by atoms with Gasteiger partial charge in [-0.1, -0.05) is 54.6 Å². The van der Waals surface area contributed by atoms with Crippen LogP contribution in [-0.2, 0) is 11.4 Å². The molecule has 3 amide bonds. The van der Waals surface area contributed by atoms with E-state index < -0.39 is 17.9 Å². The van der Waals surface area contributed by atoms with Gasteiger partial charge in [0.1, 0.15) is 6.61 Å². The van der Waals surface area contributed by atoms with Crippen LogP contribution in [0, 0.1) is 0 Å². The van der Waals surface area contributed by atoms with E-state index in [1.54, 1.807) is 36.0 Å². The van der Waals surface area contributed by atoms with E-state index in [0.717, 1.165) is 11.3 Å². The van der Waals surface area contributed by atoms with Gasteiger partial charge in [-0.05, 0) is 35.4 Å². The fourth-order valence-electron chi connectivity index (χ4n) is 4.47. The van der Waals surface area contributed by atoms with Gasteiger partial charge in [0.2, 0.25) is 5.91 Å². The van der Waals surface area contributed by atoms with Crippen LogP contribution in [0.4, 0.5) is 5.69 Å². The summed E-state index contributed by atoms with van der Waals surface area (Å²) in [6.07, 6.45) is -0.0933. The van der Waals surface area contributed by atoms with Crippen molar-refractivity contribution in [2.75, 3.05) is 19.1 Å². The van der Waals surface area contributed by atoms with Gasteiger partial charge in [-0.2, -0.15) is 11.3 Å². The lowest BCUT2D eigenvalue weighted by molar-refractivity contribution is -0.119. The first-order chi connectivity index (χ1) is 18.5. The molecule has 5 rings (SSSR count). The summed E-state index contributed by atoms with van der Waals surface area (Å²) >= 11 is 1.31. The summed E-state index contributed by atoms with van der Waals surface area (Å²) in [5.41, 5.74) is 3.05. The van der Waals surface area contributed by atoms with E-state index in [9.17, 15) is 14.4 Å². The van der Waals surface area contributed by atoms with Crippen molar-refractivity contribution in [1.29, 1.82) is 0 Å². The number of anilines is 1. The predicted octanol–water partition coefficient (Wildman–Crippen LogP) is 5.73. The molecule has 0 saturated heterocycles. The number of nitrogens with zero attached hydrogens (tertiary/aromatic N) is 2. The molecule has 7 nitrogen and oxygen atoms in total. The van der Waals surface area contributed by atoms with Gasteiger partial charge in [0, 0.05) is 23.5 Å². The molecule has 1 atom stereocenters. The first kappa shape index (κ1) is 25.2. The van der Waals surface area contributed by atoms with Gasteiger partial charge in [0.05, 0.1) is 30.7 Å². The van der Waals surface area contributed by atoms with Crippen molar-refractivity contribution in [2.45, 2.75) is 19.1 Å². The first-order valence-corrected chi connectivity index (χ1v) is 13.0. The third-order valence-corrected chi connectivity index (χ3v) is 7.31. The summed E-state index contributed by atoms with van der Waals surface area (Å²) in [6, 6.07) is 23.4. The standard InChI is InChI=1S/C30H26N2O5S/c1-31(22-11-7-4-8-12-22)28(33)16-25(32-29(34)23-18-38-19-24(23)30(32)35)21-13-14-26(27(15-21)36-2)37-17-20-9-5-3-6-10-20/h3-15,18-19,25H,16-17H2,1-2H3. The largest absolute Gasteiger partial charge is 0.493 e. The minimum atomic E-state index is -0.830. The number of carbonyl (C=O) groups excluding carboxylic acids is 3. The molecule has 4 aromatic rings. The number of hydrogen-bond acceptors (Lipinski definition) is 6. The molecule has 1 unspecified atom stereocenters. The fraction of sp³-hybridized carbons (Fsp3) is 0.167. The third kappa shape index (κ3) is 4.90. The first-order valence-electron chi connectivity index (χ1n) is 12.1. The number of methoxy groups -OCH3 is 1. The van der Waals surface area contributed by atoms with Gasteiger partial charge in [0.25, 0.3) is 11.8 Å². The predicted molar refractivity (Wildman–Crippen MR) is 146 cm³/mol. The molecule has 38 heavy (non-hydrogen) atoms. The van der Waals surface area contributed by atoms with Gasteiger partial charge in [0.15, 0.2) is 11.5 Å². The van der Waals surface area contributed by atoms with Crippen LogP contribution < -0.4 is 14.4 Å². The number of amides is 3.